The molecule has 0 aliphatic carbocycles. The highest BCUT2D eigenvalue weighted by Crippen LogP contribution is 2.07. The number of nitrogens with one attached hydrogen (secondary N) is 1. The second-order valence-electron chi connectivity index (χ2n) is 1.89. The predicted molar refractivity (Wildman–Crippen MR) is 50.8 cm³/mol. The van der Waals surface area contributed by atoms with Gasteiger partial charge in [0.1, 0.15) is 0 Å². The highest BCUT2D eigenvalue weighted by molar-refractivity contribution is 14.1. The third-order valence-corrected chi connectivity index (χ3v) is 3.99. The first-order valence-electron chi connectivity index (χ1n) is 2.84. The van der Waals surface area contributed by atoms with E-state index in [2.05, 4.69) is 2.94 Å². The lowest BCUT2D eigenvalue weighted by Gasteiger charge is -1.98. The van der Waals surface area contributed by atoms with Crippen LogP contribution in [0.5, 0.6) is 0 Å². The lowest BCUT2D eigenvalue weighted by molar-refractivity contribution is 0.596. The topological polar surface area (TPSA) is 46.2 Å². The molecular weight excluding hydrogens is 277 g/mol. The van der Waals surface area contributed by atoms with E-state index < -0.39 is 10.0 Å². The molecule has 0 aliphatic heterocycles. The van der Waals surface area contributed by atoms with Crippen molar-refractivity contribution in [2.45, 2.75) is 4.90 Å². The van der Waals surface area contributed by atoms with Crippen molar-refractivity contribution >= 4 is 32.9 Å². The summed E-state index contributed by atoms with van der Waals surface area (Å²) in [6.07, 6.45) is 0. The van der Waals surface area contributed by atoms with Crippen LogP contribution in [0.4, 0.5) is 0 Å². The number of rotatable bonds is 2. The van der Waals surface area contributed by atoms with Gasteiger partial charge in [-0.1, -0.05) is 18.2 Å². The minimum atomic E-state index is -3.26. The smallest absolute Gasteiger partial charge is 0.206 e. The molecule has 0 saturated heterocycles. The van der Waals surface area contributed by atoms with Gasteiger partial charge in [-0.25, -0.2) is 8.42 Å². The van der Waals surface area contributed by atoms with Crippen molar-refractivity contribution in [1.29, 1.82) is 0 Å². The van der Waals surface area contributed by atoms with E-state index in [1.54, 1.807) is 53.2 Å². The first kappa shape index (κ1) is 8.95. The van der Waals surface area contributed by atoms with E-state index >= 15 is 0 Å². The van der Waals surface area contributed by atoms with Crippen LogP contribution in [-0.2, 0) is 10.0 Å². The summed E-state index contributed by atoms with van der Waals surface area (Å²) in [5.41, 5.74) is 0. The van der Waals surface area contributed by atoms with Gasteiger partial charge in [0.05, 0.1) is 4.90 Å². The van der Waals surface area contributed by atoms with Crippen LogP contribution in [0.1, 0.15) is 0 Å². The van der Waals surface area contributed by atoms with Crippen LogP contribution in [0, 0.1) is 0 Å². The van der Waals surface area contributed by atoms with Gasteiger partial charge >= 0.3 is 0 Å². The second kappa shape index (κ2) is 3.51. The van der Waals surface area contributed by atoms with Crippen LogP contribution in [0.2, 0.25) is 0 Å². The molecule has 1 aromatic carbocycles. The summed E-state index contributed by atoms with van der Waals surface area (Å²) in [6, 6.07) is 8.22. The fraction of sp³-hybridized carbons (Fsp3) is 0. The molecule has 0 spiro atoms. The van der Waals surface area contributed by atoms with Gasteiger partial charge in [-0.05, 0) is 12.1 Å². The van der Waals surface area contributed by atoms with E-state index in [4.69, 9.17) is 0 Å². The molecule has 0 heterocycles. The van der Waals surface area contributed by atoms with E-state index in [1.165, 1.54) is 0 Å². The summed E-state index contributed by atoms with van der Waals surface area (Å²) >= 11 is 1.60. The SMILES string of the molecule is O=S(=O)(NI)c1ccccc1. The lowest BCUT2D eigenvalue weighted by atomic mass is 10.4. The van der Waals surface area contributed by atoms with Gasteiger partial charge in [0.25, 0.3) is 0 Å². The Morgan fingerprint density at radius 2 is 1.73 bits per heavy atom. The van der Waals surface area contributed by atoms with Crippen molar-refractivity contribution in [3.63, 3.8) is 0 Å². The minimum Gasteiger partial charge on any atom is -0.206 e. The molecule has 0 radical (unpaired) electrons. The highest BCUT2D eigenvalue weighted by Gasteiger charge is 2.09. The number of hydrogen-bond donors (Lipinski definition) is 1. The number of benzene rings is 1. The van der Waals surface area contributed by atoms with Crippen molar-refractivity contribution in [3.05, 3.63) is 30.3 Å². The van der Waals surface area contributed by atoms with Crippen molar-refractivity contribution < 1.29 is 8.42 Å². The Morgan fingerprint density at radius 3 is 2.18 bits per heavy atom. The van der Waals surface area contributed by atoms with E-state index in [0.29, 0.717) is 0 Å². The summed E-state index contributed by atoms with van der Waals surface area (Å²) in [4.78, 5) is 0.286. The van der Waals surface area contributed by atoms with Gasteiger partial charge in [0, 0.05) is 22.9 Å². The molecular formula is C6H6INO2S. The number of hydrogen-bond acceptors (Lipinski definition) is 2. The van der Waals surface area contributed by atoms with E-state index in [1.807, 2.05) is 0 Å². The molecule has 0 unspecified atom stereocenters. The Morgan fingerprint density at radius 1 is 1.18 bits per heavy atom. The third-order valence-electron chi connectivity index (χ3n) is 1.16. The van der Waals surface area contributed by atoms with Crippen LogP contribution in [0.3, 0.4) is 0 Å². The Bertz CT molecular complexity index is 322. The first-order valence-corrected chi connectivity index (χ1v) is 5.40. The molecule has 1 aromatic rings. The molecule has 5 heteroatoms. The summed E-state index contributed by atoms with van der Waals surface area (Å²) in [5, 5.41) is 0. The summed E-state index contributed by atoms with van der Waals surface area (Å²) < 4.78 is 24.4. The molecule has 0 aliphatic rings. The molecule has 1 N–H and O–H groups in total. The molecule has 3 nitrogen and oxygen atoms in total. The fourth-order valence-electron chi connectivity index (χ4n) is 0.644. The number of sulfonamides is 1. The van der Waals surface area contributed by atoms with E-state index in [9.17, 15) is 8.42 Å². The maximum atomic E-state index is 11.1. The normalized spacial score (nSPS) is 11.4. The van der Waals surface area contributed by atoms with Crippen LogP contribution in [0.15, 0.2) is 35.2 Å². The molecule has 0 amide bonds. The van der Waals surface area contributed by atoms with E-state index in [0.717, 1.165) is 0 Å². The van der Waals surface area contributed by atoms with Crippen LogP contribution < -0.4 is 2.94 Å². The Kier molecular flexibility index (Phi) is 2.85. The zero-order chi connectivity index (χ0) is 8.32. The summed E-state index contributed by atoms with van der Waals surface area (Å²) in [6.45, 7) is 0. The zero-order valence-electron chi connectivity index (χ0n) is 5.49. The number of halogens is 1. The highest BCUT2D eigenvalue weighted by atomic mass is 127. The molecule has 0 bridgehead atoms. The molecule has 0 aromatic heterocycles. The van der Waals surface area contributed by atoms with Gasteiger partial charge in [0.15, 0.2) is 0 Å². The van der Waals surface area contributed by atoms with Crippen LogP contribution in [0.25, 0.3) is 0 Å². The average molecular weight is 283 g/mol. The van der Waals surface area contributed by atoms with Gasteiger partial charge in [-0.3, -0.25) is 0 Å². The van der Waals surface area contributed by atoms with Crippen LogP contribution in [-0.4, -0.2) is 8.42 Å². The van der Waals surface area contributed by atoms with Crippen LogP contribution >= 0.6 is 22.9 Å². The largest absolute Gasteiger partial charge is 0.249 e. The molecule has 11 heavy (non-hydrogen) atoms. The minimum absolute atomic E-state index is 0.286. The fourth-order valence-corrected chi connectivity index (χ4v) is 2.01. The predicted octanol–water partition coefficient (Wildman–Crippen LogP) is 1.31. The maximum Gasteiger partial charge on any atom is 0.249 e. The molecule has 0 atom stereocenters. The van der Waals surface area contributed by atoms with Crippen molar-refractivity contribution in [2.24, 2.45) is 0 Å². The Balaban J connectivity index is 3.14. The average Bonchev–Trinajstić information content (AvgIpc) is 2.06. The van der Waals surface area contributed by atoms with Crippen molar-refractivity contribution in [2.75, 3.05) is 0 Å². The second-order valence-corrected chi connectivity index (χ2v) is 4.85. The quantitative estimate of drug-likeness (QED) is 0.657. The maximum absolute atomic E-state index is 11.1. The molecule has 60 valence electrons. The monoisotopic (exact) mass is 283 g/mol. The zero-order valence-corrected chi connectivity index (χ0v) is 8.46. The summed E-state index contributed by atoms with van der Waals surface area (Å²) in [7, 11) is -3.26. The Labute approximate surface area is 79.4 Å². The Hall–Kier alpha value is -0.140. The molecule has 0 fully saturated rings. The summed E-state index contributed by atoms with van der Waals surface area (Å²) in [5.74, 6) is 0. The van der Waals surface area contributed by atoms with E-state index in [-0.39, 0.29) is 4.90 Å². The van der Waals surface area contributed by atoms with Gasteiger partial charge in [-0.15, -0.1) is 0 Å². The van der Waals surface area contributed by atoms with Crippen molar-refractivity contribution in [1.82, 2.24) is 2.94 Å². The van der Waals surface area contributed by atoms with Crippen molar-refractivity contribution in [3.8, 4) is 0 Å². The van der Waals surface area contributed by atoms with Gasteiger partial charge < -0.3 is 0 Å². The first-order chi connectivity index (χ1) is 5.17. The third kappa shape index (κ3) is 2.14. The molecule has 0 saturated carbocycles. The molecule has 1 rings (SSSR count). The standard InChI is InChI=1S/C6H6INO2S/c7-8-11(9,10)6-4-2-1-3-5-6/h1-5,8H. The lowest BCUT2D eigenvalue weighted by Crippen LogP contribution is -2.12. The van der Waals surface area contributed by atoms with Gasteiger partial charge in [-0.2, -0.15) is 2.94 Å². The van der Waals surface area contributed by atoms with Gasteiger partial charge in [0.2, 0.25) is 10.0 Å².